The Bertz CT molecular complexity index is 848. The van der Waals surface area contributed by atoms with E-state index < -0.39 is 0 Å². The number of aromatic nitrogens is 3. The predicted molar refractivity (Wildman–Crippen MR) is 90.2 cm³/mol. The third-order valence-corrected chi connectivity index (χ3v) is 3.55. The number of rotatable bonds is 3. The number of nitrogens with zero attached hydrogens (tertiary/aromatic N) is 3. The van der Waals surface area contributed by atoms with Gasteiger partial charge in [-0.1, -0.05) is 12.1 Å². The molecular weight excluding hydrogens is 290 g/mol. The molecule has 0 spiro atoms. The summed E-state index contributed by atoms with van der Waals surface area (Å²) in [4.78, 5) is 16.0. The fourth-order valence-corrected chi connectivity index (χ4v) is 2.44. The van der Waals surface area contributed by atoms with E-state index in [9.17, 15) is 4.79 Å². The van der Waals surface area contributed by atoms with Crippen LogP contribution in [0, 0.1) is 6.92 Å². The van der Waals surface area contributed by atoms with Crippen molar-refractivity contribution in [2.24, 2.45) is 0 Å². The maximum Gasteiger partial charge on any atom is 0.320 e. The minimum Gasteiger partial charge on any atom is -0.338 e. The molecule has 6 nitrogen and oxygen atoms in total. The molecule has 2 aromatic heterocycles. The molecule has 0 fully saturated rings. The van der Waals surface area contributed by atoms with Crippen molar-refractivity contribution < 1.29 is 4.79 Å². The van der Waals surface area contributed by atoms with E-state index in [4.69, 9.17) is 0 Å². The summed E-state index contributed by atoms with van der Waals surface area (Å²) in [5.41, 5.74) is 2.86. The van der Waals surface area contributed by atoms with Crippen LogP contribution in [0.5, 0.6) is 0 Å². The highest BCUT2D eigenvalue weighted by molar-refractivity contribution is 6.00. The topological polar surface area (TPSA) is 79.8 Å². The number of hydrogen-bond acceptors (Lipinski definition) is 4. The van der Waals surface area contributed by atoms with Gasteiger partial charge in [-0.2, -0.15) is 10.2 Å². The second-order valence-corrected chi connectivity index (χ2v) is 5.14. The molecule has 23 heavy (non-hydrogen) atoms. The summed E-state index contributed by atoms with van der Waals surface area (Å²) < 4.78 is 0. The van der Waals surface area contributed by atoms with Crippen LogP contribution in [0.15, 0.2) is 42.7 Å². The van der Waals surface area contributed by atoms with Crippen LogP contribution in [-0.4, -0.2) is 27.8 Å². The fourth-order valence-electron chi connectivity index (χ4n) is 2.44. The first kappa shape index (κ1) is 14.9. The molecule has 0 saturated carbocycles. The minimum atomic E-state index is -0.270. The Morgan fingerprint density at radius 3 is 2.83 bits per heavy atom. The molecule has 2 heterocycles. The summed E-state index contributed by atoms with van der Waals surface area (Å²) in [6.45, 7) is 4.45. The Morgan fingerprint density at radius 2 is 2.09 bits per heavy atom. The van der Waals surface area contributed by atoms with Crippen molar-refractivity contribution >= 4 is 22.6 Å². The van der Waals surface area contributed by atoms with Crippen LogP contribution in [0.4, 0.5) is 10.6 Å². The van der Waals surface area contributed by atoms with Gasteiger partial charge >= 0.3 is 6.03 Å². The lowest BCUT2D eigenvalue weighted by Gasteiger charge is -2.10. The van der Waals surface area contributed by atoms with Gasteiger partial charge in [0, 0.05) is 29.9 Å². The van der Waals surface area contributed by atoms with Gasteiger partial charge in [0.15, 0.2) is 0 Å². The molecule has 3 aromatic rings. The van der Waals surface area contributed by atoms with Crippen LogP contribution in [0.3, 0.4) is 0 Å². The Labute approximate surface area is 134 Å². The zero-order valence-electron chi connectivity index (χ0n) is 13.0. The van der Waals surface area contributed by atoms with Crippen molar-refractivity contribution in [3.8, 4) is 11.3 Å². The second kappa shape index (κ2) is 6.39. The fraction of sp³-hybridized carbons (Fsp3) is 0.176. The molecule has 116 valence electrons. The number of amides is 2. The molecule has 0 aliphatic rings. The Balaban J connectivity index is 2.10. The van der Waals surface area contributed by atoms with Gasteiger partial charge in [0.1, 0.15) is 5.82 Å². The highest BCUT2D eigenvalue weighted by Crippen LogP contribution is 2.30. The molecule has 0 aliphatic heterocycles. The SMILES string of the molecule is CCNC(=O)Nc1cc2c(-c3cccnn3)ccc(C)c2cn1. The third kappa shape index (κ3) is 3.11. The van der Waals surface area contributed by atoms with Gasteiger partial charge in [-0.15, -0.1) is 0 Å². The lowest BCUT2D eigenvalue weighted by molar-refractivity contribution is 0.252. The maximum atomic E-state index is 11.7. The number of fused-ring (bicyclic) bond motifs is 1. The molecule has 1 aromatic carbocycles. The van der Waals surface area contributed by atoms with E-state index in [1.165, 1.54) is 0 Å². The monoisotopic (exact) mass is 307 g/mol. The molecule has 2 amide bonds. The number of carbonyl (C=O) groups excluding carboxylic acids is 1. The van der Waals surface area contributed by atoms with E-state index in [0.29, 0.717) is 12.4 Å². The lowest BCUT2D eigenvalue weighted by Crippen LogP contribution is -2.28. The average molecular weight is 307 g/mol. The van der Waals surface area contributed by atoms with Gasteiger partial charge in [0.2, 0.25) is 0 Å². The van der Waals surface area contributed by atoms with Gasteiger partial charge in [0.25, 0.3) is 0 Å². The van der Waals surface area contributed by atoms with Crippen LogP contribution in [0.1, 0.15) is 12.5 Å². The summed E-state index contributed by atoms with van der Waals surface area (Å²) in [6, 6.07) is 9.40. The molecule has 0 radical (unpaired) electrons. The largest absolute Gasteiger partial charge is 0.338 e. The van der Waals surface area contributed by atoms with E-state index in [-0.39, 0.29) is 6.03 Å². The molecule has 0 bridgehead atoms. The zero-order valence-corrected chi connectivity index (χ0v) is 13.0. The number of benzene rings is 1. The highest BCUT2D eigenvalue weighted by atomic mass is 16.2. The number of aryl methyl sites for hydroxylation is 1. The Morgan fingerprint density at radius 1 is 1.22 bits per heavy atom. The van der Waals surface area contributed by atoms with E-state index in [1.54, 1.807) is 12.4 Å². The number of pyridine rings is 1. The van der Waals surface area contributed by atoms with Gasteiger partial charge in [0.05, 0.1) is 5.69 Å². The van der Waals surface area contributed by atoms with Crippen LogP contribution in [0.25, 0.3) is 22.0 Å². The van der Waals surface area contributed by atoms with Crippen LogP contribution >= 0.6 is 0 Å². The summed E-state index contributed by atoms with van der Waals surface area (Å²) >= 11 is 0. The van der Waals surface area contributed by atoms with Crippen LogP contribution in [-0.2, 0) is 0 Å². The van der Waals surface area contributed by atoms with Crippen LogP contribution in [0.2, 0.25) is 0 Å². The first-order valence-electron chi connectivity index (χ1n) is 7.41. The van der Waals surface area contributed by atoms with E-state index >= 15 is 0 Å². The number of hydrogen-bond donors (Lipinski definition) is 2. The van der Waals surface area contributed by atoms with Gasteiger partial charge in [-0.3, -0.25) is 5.32 Å². The van der Waals surface area contributed by atoms with E-state index in [1.807, 2.05) is 44.2 Å². The summed E-state index contributed by atoms with van der Waals surface area (Å²) in [7, 11) is 0. The van der Waals surface area contributed by atoms with Crippen molar-refractivity contribution in [1.82, 2.24) is 20.5 Å². The van der Waals surface area contributed by atoms with Crippen LogP contribution < -0.4 is 10.6 Å². The summed E-state index contributed by atoms with van der Waals surface area (Å²) in [5, 5.41) is 15.5. The third-order valence-electron chi connectivity index (χ3n) is 3.55. The Hall–Kier alpha value is -3.02. The molecule has 2 N–H and O–H groups in total. The maximum absolute atomic E-state index is 11.7. The van der Waals surface area contributed by atoms with Crippen molar-refractivity contribution in [3.05, 3.63) is 48.3 Å². The van der Waals surface area contributed by atoms with Crippen molar-refractivity contribution in [3.63, 3.8) is 0 Å². The molecule has 6 heteroatoms. The van der Waals surface area contributed by atoms with E-state index in [0.717, 1.165) is 27.6 Å². The highest BCUT2D eigenvalue weighted by Gasteiger charge is 2.10. The zero-order chi connectivity index (χ0) is 16.2. The normalized spacial score (nSPS) is 10.5. The predicted octanol–water partition coefficient (Wildman–Crippen LogP) is 3.14. The molecule has 0 saturated heterocycles. The summed E-state index contributed by atoms with van der Waals surface area (Å²) in [6.07, 6.45) is 3.41. The molecular formula is C17H17N5O. The second-order valence-electron chi connectivity index (χ2n) is 5.14. The van der Waals surface area contributed by atoms with Crippen molar-refractivity contribution in [2.45, 2.75) is 13.8 Å². The smallest absolute Gasteiger partial charge is 0.320 e. The van der Waals surface area contributed by atoms with Gasteiger partial charge < -0.3 is 5.32 Å². The number of anilines is 1. The molecule has 3 rings (SSSR count). The number of urea groups is 1. The minimum absolute atomic E-state index is 0.270. The van der Waals surface area contributed by atoms with Gasteiger partial charge in [-0.25, -0.2) is 9.78 Å². The van der Waals surface area contributed by atoms with E-state index in [2.05, 4.69) is 25.8 Å². The van der Waals surface area contributed by atoms with Crippen molar-refractivity contribution in [2.75, 3.05) is 11.9 Å². The Kier molecular flexibility index (Phi) is 4.14. The molecule has 0 atom stereocenters. The standard InChI is InChI=1S/C17H17N5O/c1-3-18-17(23)21-16-9-13-12(15-5-4-8-20-22-15)7-6-11(2)14(13)10-19-16/h4-10H,3H2,1-2H3,(H2,18,19,21,23). The molecule has 0 unspecified atom stereocenters. The van der Waals surface area contributed by atoms with Crippen molar-refractivity contribution in [1.29, 1.82) is 0 Å². The average Bonchev–Trinajstić information content (AvgIpc) is 2.56. The van der Waals surface area contributed by atoms with Gasteiger partial charge in [-0.05, 0) is 43.0 Å². The quantitative estimate of drug-likeness (QED) is 0.779. The first-order chi connectivity index (χ1) is 11.2. The summed E-state index contributed by atoms with van der Waals surface area (Å²) in [5.74, 6) is 0.499. The number of carbonyl (C=O) groups is 1. The molecule has 0 aliphatic carbocycles. The first-order valence-corrected chi connectivity index (χ1v) is 7.41. The lowest BCUT2D eigenvalue weighted by atomic mass is 10.00. The number of nitrogens with one attached hydrogen (secondary N) is 2.